The van der Waals surface area contributed by atoms with Gasteiger partial charge in [0.25, 0.3) is 5.91 Å². The van der Waals surface area contributed by atoms with E-state index >= 15 is 0 Å². The number of hydrogen-bond acceptors (Lipinski definition) is 4. The Morgan fingerprint density at radius 2 is 1.86 bits per heavy atom. The molecular weight excluding hydrogens is 332 g/mol. The molecule has 112 valence electrons. The standard InChI is InChI=1S/C13H13ClN2O3S2/c14-10-3-5-11(6-4-10)21(18,19)16-8-7-15-13(17)12-2-1-9-20-12/h1-6,9,16H,7-8H2,(H,15,17). The molecule has 0 aliphatic carbocycles. The lowest BCUT2D eigenvalue weighted by molar-refractivity contribution is 0.0958. The van der Waals surface area contributed by atoms with Gasteiger partial charge >= 0.3 is 0 Å². The number of carbonyl (C=O) groups excluding carboxylic acids is 1. The van der Waals surface area contributed by atoms with Gasteiger partial charge in [-0.15, -0.1) is 11.3 Å². The van der Waals surface area contributed by atoms with Crippen LogP contribution in [-0.2, 0) is 10.0 Å². The summed E-state index contributed by atoms with van der Waals surface area (Å²) in [5.74, 6) is -0.212. The number of amides is 1. The van der Waals surface area contributed by atoms with Crippen molar-refractivity contribution in [2.75, 3.05) is 13.1 Å². The van der Waals surface area contributed by atoms with Crippen LogP contribution in [0.4, 0.5) is 0 Å². The van der Waals surface area contributed by atoms with Crippen LogP contribution in [0, 0.1) is 0 Å². The summed E-state index contributed by atoms with van der Waals surface area (Å²) in [6.07, 6.45) is 0. The second-order valence-electron chi connectivity index (χ2n) is 4.08. The van der Waals surface area contributed by atoms with E-state index in [4.69, 9.17) is 11.6 Å². The van der Waals surface area contributed by atoms with Crippen molar-refractivity contribution >= 4 is 38.9 Å². The molecule has 0 spiro atoms. The number of sulfonamides is 1. The molecule has 1 amide bonds. The summed E-state index contributed by atoms with van der Waals surface area (Å²) in [6.45, 7) is 0.325. The molecule has 1 aromatic heterocycles. The number of halogens is 1. The second kappa shape index (κ2) is 7.04. The van der Waals surface area contributed by atoms with Gasteiger partial charge in [0.1, 0.15) is 0 Å². The molecule has 0 aliphatic heterocycles. The summed E-state index contributed by atoms with van der Waals surface area (Å²) in [5, 5.41) is 4.91. The molecule has 1 aromatic carbocycles. The van der Waals surface area contributed by atoms with Crippen molar-refractivity contribution in [2.24, 2.45) is 0 Å². The van der Waals surface area contributed by atoms with E-state index in [1.54, 1.807) is 17.5 Å². The summed E-state index contributed by atoms with van der Waals surface area (Å²) < 4.78 is 26.3. The van der Waals surface area contributed by atoms with E-state index in [1.165, 1.54) is 35.6 Å². The van der Waals surface area contributed by atoms with Gasteiger partial charge in [0.2, 0.25) is 10.0 Å². The van der Waals surface area contributed by atoms with E-state index in [2.05, 4.69) is 10.0 Å². The van der Waals surface area contributed by atoms with Crippen molar-refractivity contribution in [3.05, 3.63) is 51.7 Å². The molecule has 1 heterocycles. The highest BCUT2D eigenvalue weighted by molar-refractivity contribution is 7.89. The summed E-state index contributed by atoms with van der Waals surface area (Å²) in [5.41, 5.74) is 0. The fourth-order valence-electron chi connectivity index (χ4n) is 1.55. The average Bonchev–Trinajstić information content (AvgIpc) is 2.98. The van der Waals surface area contributed by atoms with Crippen LogP contribution < -0.4 is 10.0 Å². The maximum Gasteiger partial charge on any atom is 0.261 e. The first kappa shape index (κ1) is 16.0. The van der Waals surface area contributed by atoms with Crippen molar-refractivity contribution in [3.63, 3.8) is 0 Å². The Bertz CT molecular complexity index is 698. The van der Waals surface area contributed by atoms with E-state index in [1.807, 2.05) is 0 Å². The number of carbonyl (C=O) groups is 1. The number of thiophene rings is 1. The van der Waals surface area contributed by atoms with Crippen LogP contribution >= 0.6 is 22.9 Å². The van der Waals surface area contributed by atoms with Crippen LogP contribution in [0.25, 0.3) is 0 Å². The van der Waals surface area contributed by atoms with Crippen molar-refractivity contribution in [3.8, 4) is 0 Å². The normalized spacial score (nSPS) is 11.3. The first-order valence-corrected chi connectivity index (χ1v) is 8.80. The zero-order valence-electron chi connectivity index (χ0n) is 10.9. The predicted octanol–water partition coefficient (Wildman–Crippen LogP) is 2.11. The Morgan fingerprint density at radius 1 is 1.14 bits per heavy atom. The first-order chi connectivity index (χ1) is 9.99. The number of hydrogen-bond donors (Lipinski definition) is 2. The van der Waals surface area contributed by atoms with Gasteiger partial charge < -0.3 is 5.32 Å². The van der Waals surface area contributed by atoms with E-state index in [0.29, 0.717) is 9.90 Å². The summed E-state index contributed by atoms with van der Waals surface area (Å²) >= 11 is 7.04. The Balaban J connectivity index is 1.82. The summed E-state index contributed by atoms with van der Waals surface area (Å²) in [6, 6.07) is 9.36. The van der Waals surface area contributed by atoms with Crippen LogP contribution in [0.2, 0.25) is 5.02 Å². The molecule has 0 saturated heterocycles. The van der Waals surface area contributed by atoms with Gasteiger partial charge in [-0.1, -0.05) is 17.7 Å². The molecule has 2 N–H and O–H groups in total. The molecule has 2 rings (SSSR count). The smallest absolute Gasteiger partial charge is 0.261 e. The molecule has 0 atom stereocenters. The Kier molecular flexibility index (Phi) is 5.35. The van der Waals surface area contributed by atoms with Crippen molar-refractivity contribution in [1.82, 2.24) is 10.0 Å². The maximum absolute atomic E-state index is 12.0. The lowest BCUT2D eigenvalue weighted by Gasteiger charge is -2.07. The van der Waals surface area contributed by atoms with Crippen LogP contribution in [0.5, 0.6) is 0 Å². The molecule has 8 heteroatoms. The van der Waals surface area contributed by atoms with E-state index in [9.17, 15) is 13.2 Å². The van der Waals surface area contributed by atoms with Crippen LogP contribution in [-0.4, -0.2) is 27.4 Å². The number of benzene rings is 1. The third-order valence-corrected chi connectivity index (χ3v) is 5.17. The maximum atomic E-state index is 12.0. The number of rotatable bonds is 6. The van der Waals surface area contributed by atoms with E-state index in [0.717, 1.165) is 0 Å². The van der Waals surface area contributed by atoms with Crippen LogP contribution in [0.15, 0.2) is 46.7 Å². The quantitative estimate of drug-likeness (QED) is 0.788. The molecule has 0 fully saturated rings. The van der Waals surface area contributed by atoms with Gasteiger partial charge in [-0.3, -0.25) is 4.79 Å². The van der Waals surface area contributed by atoms with Crippen molar-refractivity contribution < 1.29 is 13.2 Å². The monoisotopic (exact) mass is 344 g/mol. The van der Waals surface area contributed by atoms with Gasteiger partial charge in [0.05, 0.1) is 9.77 Å². The van der Waals surface area contributed by atoms with Crippen LogP contribution in [0.1, 0.15) is 9.67 Å². The summed E-state index contributed by atoms with van der Waals surface area (Å²) in [4.78, 5) is 12.4. The molecule has 5 nitrogen and oxygen atoms in total. The minimum absolute atomic E-state index is 0.113. The molecule has 21 heavy (non-hydrogen) atoms. The SMILES string of the molecule is O=C(NCCNS(=O)(=O)c1ccc(Cl)cc1)c1cccs1. The van der Waals surface area contributed by atoms with E-state index in [-0.39, 0.29) is 23.9 Å². The minimum atomic E-state index is -3.59. The highest BCUT2D eigenvalue weighted by Crippen LogP contribution is 2.13. The Labute approximate surface area is 132 Å². The first-order valence-electron chi connectivity index (χ1n) is 6.06. The van der Waals surface area contributed by atoms with Gasteiger partial charge in [-0.2, -0.15) is 0 Å². The zero-order valence-corrected chi connectivity index (χ0v) is 13.3. The highest BCUT2D eigenvalue weighted by atomic mass is 35.5. The number of nitrogens with one attached hydrogen (secondary N) is 2. The van der Waals surface area contributed by atoms with E-state index < -0.39 is 10.0 Å². The lowest BCUT2D eigenvalue weighted by Crippen LogP contribution is -2.34. The topological polar surface area (TPSA) is 75.3 Å². The molecule has 0 aliphatic rings. The third kappa shape index (κ3) is 4.53. The molecule has 0 radical (unpaired) electrons. The van der Waals surface area contributed by atoms with Crippen LogP contribution in [0.3, 0.4) is 0 Å². The van der Waals surface area contributed by atoms with Gasteiger partial charge in [-0.05, 0) is 35.7 Å². The molecular formula is C13H13ClN2O3S2. The molecule has 2 aromatic rings. The molecule has 0 unspecified atom stereocenters. The zero-order chi connectivity index (χ0) is 15.3. The third-order valence-electron chi connectivity index (χ3n) is 2.57. The van der Waals surface area contributed by atoms with Gasteiger partial charge in [-0.25, -0.2) is 13.1 Å². The lowest BCUT2D eigenvalue weighted by atomic mass is 10.4. The second-order valence-corrected chi connectivity index (χ2v) is 7.24. The van der Waals surface area contributed by atoms with Gasteiger partial charge in [0, 0.05) is 18.1 Å². The summed E-state index contributed by atoms with van der Waals surface area (Å²) in [7, 11) is -3.59. The largest absolute Gasteiger partial charge is 0.350 e. The molecule has 0 saturated carbocycles. The highest BCUT2D eigenvalue weighted by Gasteiger charge is 2.13. The Morgan fingerprint density at radius 3 is 2.48 bits per heavy atom. The fraction of sp³-hybridized carbons (Fsp3) is 0.154. The van der Waals surface area contributed by atoms with Crippen molar-refractivity contribution in [1.29, 1.82) is 0 Å². The predicted molar refractivity (Wildman–Crippen MR) is 83.3 cm³/mol. The Hall–Kier alpha value is -1.41. The average molecular weight is 345 g/mol. The van der Waals surface area contributed by atoms with Crippen molar-refractivity contribution in [2.45, 2.75) is 4.90 Å². The molecule has 0 bridgehead atoms. The fourth-order valence-corrected chi connectivity index (χ4v) is 3.35. The minimum Gasteiger partial charge on any atom is -0.350 e. The van der Waals surface area contributed by atoms with Gasteiger partial charge in [0.15, 0.2) is 0 Å².